The summed E-state index contributed by atoms with van der Waals surface area (Å²) in [6.07, 6.45) is 0. The number of para-hydroxylation sites is 1. The predicted octanol–water partition coefficient (Wildman–Crippen LogP) is 8.20. The Morgan fingerprint density at radius 2 is 1.34 bits per heavy atom. The molecule has 0 fully saturated rings. The summed E-state index contributed by atoms with van der Waals surface area (Å²) in [5.41, 5.74) is 7.29. The molecule has 2 nitrogen and oxygen atoms in total. The smallest absolute Gasteiger partial charge is 0.137 e. The number of nitrogens with zero attached hydrogens (tertiary/aromatic N) is 1. The quantitative estimate of drug-likeness (QED) is 0.246. The SMILES string of the molecule is C=C(c1ccccc1)c1cccc(-c2cccc(-c3ccccc3)c2OCc2ccc(F)cc2)n1. The summed E-state index contributed by atoms with van der Waals surface area (Å²) >= 11 is 0. The lowest BCUT2D eigenvalue weighted by atomic mass is 9.98. The fraction of sp³-hybridized carbons (Fsp3) is 0.0312. The lowest BCUT2D eigenvalue weighted by molar-refractivity contribution is 0.308. The minimum atomic E-state index is -0.265. The normalized spacial score (nSPS) is 10.7. The molecule has 35 heavy (non-hydrogen) atoms. The average Bonchev–Trinajstić information content (AvgIpc) is 2.93. The molecule has 0 spiro atoms. The molecule has 5 aromatic rings. The van der Waals surface area contributed by atoms with Crippen molar-refractivity contribution in [3.63, 3.8) is 0 Å². The van der Waals surface area contributed by atoms with Gasteiger partial charge in [0.1, 0.15) is 18.2 Å². The molecule has 0 N–H and O–H groups in total. The average molecular weight is 458 g/mol. The van der Waals surface area contributed by atoms with E-state index in [9.17, 15) is 4.39 Å². The van der Waals surface area contributed by atoms with Gasteiger partial charge in [-0.25, -0.2) is 9.37 Å². The van der Waals surface area contributed by atoms with Gasteiger partial charge in [-0.3, -0.25) is 0 Å². The molecule has 0 atom stereocenters. The maximum Gasteiger partial charge on any atom is 0.137 e. The number of rotatable bonds is 7. The predicted molar refractivity (Wildman–Crippen MR) is 140 cm³/mol. The second kappa shape index (κ2) is 10.2. The fourth-order valence-corrected chi connectivity index (χ4v) is 4.02. The summed E-state index contributed by atoms with van der Waals surface area (Å²) in [4.78, 5) is 4.95. The van der Waals surface area contributed by atoms with Crippen LogP contribution in [0.4, 0.5) is 4.39 Å². The second-order valence-electron chi connectivity index (χ2n) is 8.22. The summed E-state index contributed by atoms with van der Waals surface area (Å²) in [5, 5.41) is 0. The third kappa shape index (κ3) is 5.04. The van der Waals surface area contributed by atoms with Crippen molar-refractivity contribution < 1.29 is 9.13 Å². The van der Waals surface area contributed by atoms with Crippen molar-refractivity contribution in [2.45, 2.75) is 6.61 Å². The minimum Gasteiger partial charge on any atom is -0.488 e. The first-order valence-corrected chi connectivity index (χ1v) is 11.5. The van der Waals surface area contributed by atoms with Crippen molar-refractivity contribution in [3.05, 3.63) is 151 Å². The Morgan fingerprint density at radius 3 is 2.09 bits per heavy atom. The third-order valence-corrected chi connectivity index (χ3v) is 5.85. The van der Waals surface area contributed by atoms with Gasteiger partial charge in [-0.2, -0.15) is 0 Å². The van der Waals surface area contributed by atoms with E-state index in [4.69, 9.17) is 9.72 Å². The van der Waals surface area contributed by atoms with E-state index < -0.39 is 0 Å². The van der Waals surface area contributed by atoms with E-state index in [2.05, 4.69) is 18.7 Å². The van der Waals surface area contributed by atoms with Gasteiger partial charge in [-0.1, -0.05) is 97.6 Å². The number of pyridine rings is 1. The van der Waals surface area contributed by atoms with Crippen LogP contribution in [0.1, 0.15) is 16.8 Å². The van der Waals surface area contributed by atoms with Crippen LogP contribution in [0.25, 0.3) is 28.0 Å². The summed E-state index contributed by atoms with van der Waals surface area (Å²) in [7, 11) is 0. The summed E-state index contributed by atoms with van der Waals surface area (Å²) < 4.78 is 19.8. The molecule has 0 aliphatic carbocycles. The Kier molecular flexibility index (Phi) is 6.49. The standard InChI is InChI=1S/C32H24FNO/c1-23(25-10-4-2-5-11-25)30-16-9-17-31(34-30)29-15-8-14-28(26-12-6-3-7-13-26)32(29)35-22-24-18-20-27(33)21-19-24/h2-21H,1,22H2. The van der Waals surface area contributed by atoms with E-state index in [0.29, 0.717) is 6.61 Å². The molecule has 0 radical (unpaired) electrons. The van der Waals surface area contributed by atoms with Crippen LogP contribution in [0.2, 0.25) is 0 Å². The molecule has 0 saturated heterocycles. The second-order valence-corrected chi connectivity index (χ2v) is 8.22. The Balaban J connectivity index is 1.57. The molecule has 1 aromatic heterocycles. The molecule has 4 aromatic carbocycles. The number of halogens is 1. The highest BCUT2D eigenvalue weighted by Gasteiger charge is 2.16. The van der Waals surface area contributed by atoms with Crippen LogP contribution in [0, 0.1) is 5.82 Å². The third-order valence-electron chi connectivity index (χ3n) is 5.85. The van der Waals surface area contributed by atoms with Crippen LogP contribution in [0.15, 0.2) is 128 Å². The van der Waals surface area contributed by atoms with Crippen LogP contribution < -0.4 is 4.74 Å². The van der Waals surface area contributed by atoms with Crippen LogP contribution in [-0.2, 0) is 6.61 Å². The molecule has 0 bridgehead atoms. The van der Waals surface area contributed by atoms with Crippen LogP contribution in [0.5, 0.6) is 5.75 Å². The van der Waals surface area contributed by atoms with E-state index >= 15 is 0 Å². The molecule has 0 saturated carbocycles. The van der Waals surface area contributed by atoms with Crippen LogP contribution in [0.3, 0.4) is 0 Å². The highest BCUT2D eigenvalue weighted by atomic mass is 19.1. The lowest BCUT2D eigenvalue weighted by Crippen LogP contribution is -2.01. The maximum absolute atomic E-state index is 13.4. The van der Waals surface area contributed by atoms with Gasteiger partial charge in [-0.15, -0.1) is 0 Å². The molecule has 0 unspecified atom stereocenters. The molecule has 1 heterocycles. The Hall–Kier alpha value is -4.50. The summed E-state index contributed by atoms with van der Waals surface area (Å²) in [6, 6.07) is 38.6. The first kappa shape index (κ1) is 22.3. The van der Waals surface area contributed by atoms with E-state index in [1.54, 1.807) is 12.1 Å². The number of aromatic nitrogens is 1. The minimum absolute atomic E-state index is 0.265. The highest BCUT2D eigenvalue weighted by molar-refractivity contribution is 5.83. The molecule has 5 rings (SSSR count). The molecule has 0 aliphatic heterocycles. The van der Waals surface area contributed by atoms with Gasteiger partial charge < -0.3 is 4.74 Å². The van der Waals surface area contributed by atoms with E-state index in [1.807, 2.05) is 84.9 Å². The first-order chi connectivity index (χ1) is 17.2. The van der Waals surface area contributed by atoms with Gasteiger partial charge >= 0.3 is 0 Å². The van der Waals surface area contributed by atoms with Gasteiger partial charge in [0.25, 0.3) is 0 Å². The monoisotopic (exact) mass is 457 g/mol. The van der Waals surface area contributed by atoms with E-state index in [-0.39, 0.29) is 5.82 Å². The van der Waals surface area contributed by atoms with Gasteiger partial charge in [0, 0.05) is 16.7 Å². The molecular weight excluding hydrogens is 433 g/mol. The topological polar surface area (TPSA) is 22.1 Å². The van der Waals surface area contributed by atoms with E-state index in [1.165, 1.54) is 12.1 Å². The van der Waals surface area contributed by atoms with Crippen LogP contribution >= 0.6 is 0 Å². The first-order valence-electron chi connectivity index (χ1n) is 11.5. The zero-order valence-corrected chi connectivity index (χ0v) is 19.2. The molecule has 0 aliphatic rings. The lowest BCUT2D eigenvalue weighted by Gasteiger charge is -2.17. The molecule has 3 heteroatoms. The summed E-state index contributed by atoms with van der Waals surface area (Å²) in [5.74, 6) is 0.469. The Labute approximate surface area is 205 Å². The van der Waals surface area contributed by atoms with Gasteiger partial charge in [0.15, 0.2) is 0 Å². The number of hydrogen-bond acceptors (Lipinski definition) is 2. The van der Waals surface area contributed by atoms with Gasteiger partial charge in [0.05, 0.1) is 11.4 Å². The zero-order chi connectivity index (χ0) is 24.0. The van der Waals surface area contributed by atoms with Crippen molar-refractivity contribution in [2.75, 3.05) is 0 Å². The maximum atomic E-state index is 13.4. The van der Waals surface area contributed by atoms with Crippen molar-refractivity contribution in [3.8, 4) is 28.1 Å². The van der Waals surface area contributed by atoms with Gasteiger partial charge in [-0.05, 0) is 47.0 Å². The largest absolute Gasteiger partial charge is 0.488 e. The number of benzene rings is 4. The molecule has 170 valence electrons. The van der Waals surface area contributed by atoms with Crippen molar-refractivity contribution >= 4 is 5.57 Å². The van der Waals surface area contributed by atoms with Gasteiger partial charge in [0.2, 0.25) is 0 Å². The Bertz CT molecular complexity index is 1440. The van der Waals surface area contributed by atoms with Crippen LogP contribution in [-0.4, -0.2) is 4.98 Å². The van der Waals surface area contributed by atoms with E-state index in [0.717, 1.165) is 50.5 Å². The highest BCUT2D eigenvalue weighted by Crippen LogP contribution is 2.39. The molecular formula is C32H24FNO. The van der Waals surface area contributed by atoms with Crippen molar-refractivity contribution in [2.24, 2.45) is 0 Å². The number of hydrogen-bond donors (Lipinski definition) is 0. The molecule has 0 amide bonds. The van der Waals surface area contributed by atoms with Crippen molar-refractivity contribution in [1.29, 1.82) is 0 Å². The number of ether oxygens (including phenoxy) is 1. The zero-order valence-electron chi connectivity index (χ0n) is 19.2. The fourth-order valence-electron chi connectivity index (χ4n) is 4.02. The summed E-state index contributed by atoms with van der Waals surface area (Å²) in [6.45, 7) is 4.59. The van der Waals surface area contributed by atoms with Crippen molar-refractivity contribution in [1.82, 2.24) is 4.98 Å². The Morgan fingerprint density at radius 1 is 0.686 bits per heavy atom.